The van der Waals surface area contributed by atoms with Crippen LogP contribution in [0, 0.1) is 0 Å². The Morgan fingerprint density at radius 3 is 2.55 bits per heavy atom. The largest absolute Gasteiger partial charge is 0.399 e. The summed E-state index contributed by atoms with van der Waals surface area (Å²) in [4.78, 5) is 14.0. The number of carbonyl (C=O) groups is 1. The van der Waals surface area contributed by atoms with Gasteiger partial charge in [-0.3, -0.25) is 9.69 Å². The second kappa shape index (κ2) is 7.90. The van der Waals surface area contributed by atoms with Crippen molar-refractivity contribution in [3.05, 3.63) is 29.8 Å². The van der Waals surface area contributed by atoms with Crippen molar-refractivity contribution in [3.63, 3.8) is 0 Å². The van der Waals surface area contributed by atoms with Gasteiger partial charge in [0.2, 0.25) is 5.91 Å². The third kappa shape index (κ3) is 4.85. The van der Waals surface area contributed by atoms with E-state index in [1.54, 1.807) is 0 Å². The van der Waals surface area contributed by atoms with Crippen molar-refractivity contribution in [2.24, 2.45) is 0 Å². The topological polar surface area (TPSA) is 58.4 Å². The molecule has 4 heteroatoms. The molecule has 3 N–H and O–H groups in total. The quantitative estimate of drug-likeness (QED) is 0.753. The average molecular weight is 277 g/mol. The number of carbonyl (C=O) groups excluding carboxylic acids is 1. The number of hydrogen-bond acceptors (Lipinski definition) is 3. The fourth-order valence-electron chi connectivity index (χ4n) is 2.20. The zero-order chi connectivity index (χ0) is 15.1. The van der Waals surface area contributed by atoms with Gasteiger partial charge >= 0.3 is 0 Å². The summed E-state index contributed by atoms with van der Waals surface area (Å²) < 4.78 is 0. The van der Waals surface area contributed by atoms with E-state index >= 15 is 0 Å². The summed E-state index contributed by atoms with van der Waals surface area (Å²) >= 11 is 0. The lowest BCUT2D eigenvalue weighted by molar-refractivity contribution is -0.123. The van der Waals surface area contributed by atoms with Crippen LogP contribution in [0.25, 0.3) is 0 Å². The van der Waals surface area contributed by atoms with E-state index in [1.807, 2.05) is 36.2 Å². The van der Waals surface area contributed by atoms with Crippen molar-refractivity contribution >= 4 is 11.6 Å². The molecule has 1 rings (SSSR count). The zero-order valence-electron chi connectivity index (χ0n) is 13.0. The Bertz CT molecular complexity index is 429. The Morgan fingerprint density at radius 2 is 2.00 bits per heavy atom. The molecule has 0 bridgehead atoms. The molecular weight excluding hydrogens is 250 g/mol. The van der Waals surface area contributed by atoms with Crippen LogP contribution in [0.5, 0.6) is 0 Å². The average Bonchev–Trinajstić information content (AvgIpc) is 2.43. The van der Waals surface area contributed by atoms with E-state index in [0.717, 1.165) is 24.1 Å². The molecule has 0 aliphatic rings. The third-order valence-electron chi connectivity index (χ3n) is 3.80. The van der Waals surface area contributed by atoms with E-state index in [-0.39, 0.29) is 18.0 Å². The van der Waals surface area contributed by atoms with E-state index in [1.165, 1.54) is 0 Å². The van der Waals surface area contributed by atoms with E-state index in [2.05, 4.69) is 26.1 Å². The number of nitrogen functional groups attached to an aromatic ring is 1. The minimum Gasteiger partial charge on any atom is -0.399 e. The second-order valence-corrected chi connectivity index (χ2v) is 5.34. The fraction of sp³-hybridized carbons (Fsp3) is 0.562. The van der Waals surface area contributed by atoms with Crippen LogP contribution in [0.1, 0.15) is 45.2 Å². The number of nitrogens with zero attached hydrogens (tertiary/aromatic N) is 1. The van der Waals surface area contributed by atoms with Crippen molar-refractivity contribution < 1.29 is 4.79 Å². The molecule has 0 aliphatic carbocycles. The molecule has 112 valence electrons. The lowest BCUT2D eigenvalue weighted by Crippen LogP contribution is -2.41. The van der Waals surface area contributed by atoms with Crippen LogP contribution in [-0.2, 0) is 4.79 Å². The molecule has 0 fully saturated rings. The van der Waals surface area contributed by atoms with Crippen LogP contribution >= 0.6 is 0 Å². The second-order valence-electron chi connectivity index (χ2n) is 5.34. The monoisotopic (exact) mass is 277 g/mol. The molecule has 0 radical (unpaired) electrons. The van der Waals surface area contributed by atoms with E-state index in [4.69, 9.17) is 5.73 Å². The Labute approximate surface area is 122 Å². The Balaban J connectivity index is 2.57. The minimum absolute atomic E-state index is 0.0805. The molecule has 1 unspecified atom stereocenters. The van der Waals surface area contributed by atoms with Crippen LogP contribution in [-0.4, -0.2) is 30.4 Å². The molecule has 0 aromatic heterocycles. The third-order valence-corrected chi connectivity index (χ3v) is 3.80. The Kier molecular flexibility index (Phi) is 6.52. The molecule has 0 saturated carbocycles. The number of amides is 1. The van der Waals surface area contributed by atoms with Crippen LogP contribution in [0.4, 0.5) is 5.69 Å². The van der Waals surface area contributed by atoms with Gasteiger partial charge in [0.15, 0.2) is 0 Å². The van der Waals surface area contributed by atoms with Gasteiger partial charge in [0.1, 0.15) is 0 Å². The number of nitrogens with one attached hydrogen (secondary N) is 1. The first-order valence-electron chi connectivity index (χ1n) is 7.32. The van der Waals surface area contributed by atoms with Gasteiger partial charge in [0.25, 0.3) is 0 Å². The Hall–Kier alpha value is -1.55. The fourth-order valence-corrected chi connectivity index (χ4v) is 2.20. The molecule has 0 aliphatic heterocycles. The molecular formula is C16H27N3O. The van der Waals surface area contributed by atoms with E-state index < -0.39 is 0 Å². The zero-order valence-corrected chi connectivity index (χ0v) is 13.0. The lowest BCUT2D eigenvalue weighted by Gasteiger charge is -2.25. The minimum atomic E-state index is 0.0805. The van der Waals surface area contributed by atoms with Crippen LogP contribution in [0.3, 0.4) is 0 Å². The summed E-state index contributed by atoms with van der Waals surface area (Å²) in [5, 5.41) is 3.06. The van der Waals surface area contributed by atoms with Crippen molar-refractivity contribution in [2.45, 2.75) is 45.7 Å². The number of benzene rings is 1. The van der Waals surface area contributed by atoms with Gasteiger partial charge in [-0.15, -0.1) is 0 Å². The number of rotatable bonds is 7. The van der Waals surface area contributed by atoms with Crippen LogP contribution < -0.4 is 11.1 Å². The maximum atomic E-state index is 12.0. The molecule has 1 amide bonds. The lowest BCUT2D eigenvalue weighted by atomic mass is 10.1. The van der Waals surface area contributed by atoms with Crippen molar-refractivity contribution in [2.75, 3.05) is 19.3 Å². The molecule has 0 heterocycles. The van der Waals surface area contributed by atoms with Gasteiger partial charge in [0, 0.05) is 17.8 Å². The van der Waals surface area contributed by atoms with Gasteiger partial charge in [-0.05, 0) is 44.5 Å². The normalized spacial score (nSPS) is 12.7. The predicted molar refractivity (Wildman–Crippen MR) is 84.4 cm³/mol. The first-order chi connectivity index (χ1) is 9.47. The molecule has 1 atom stereocenters. The molecule has 4 nitrogen and oxygen atoms in total. The SMILES string of the molecule is CCC(CC)NC(=O)CN(C)C(C)c1cccc(N)c1. The molecule has 1 aromatic carbocycles. The maximum absolute atomic E-state index is 12.0. The van der Waals surface area contributed by atoms with Gasteiger partial charge in [0.05, 0.1) is 6.54 Å². The summed E-state index contributed by atoms with van der Waals surface area (Å²) in [6, 6.07) is 8.25. The number of nitrogens with two attached hydrogens (primary N) is 1. The van der Waals surface area contributed by atoms with Crippen molar-refractivity contribution in [1.82, 2.24) is 10.2 Å². The van der Waals surface area contributed by atoms with Gasteiger partial charge in [-0.25, -0.2) is 0 Å². The van der Waals surface area contributed by atoms with Crippen LogP contribution in [0.15, 0.2) is 24.3 Å². The smallest absolute Gasteiger partial charge is 0.234 e. The molecule has 0 spiro atoms. The number of hydrogen-bond donors (Lipinski definition) is 2. The summed E-state index contributed by atoms with van der Waals surface area (Å²) in [6.07, 6.45) is 1.94. The Morgan fingerprint density at radius 1 is 1.35 bits per heavy atom. The van der Waals surface area contributed by atoms with Gasteiger partial charge < -0.3 is 11.1 Å². The first-order valence-corrected chi connectivity index (χ1v) is 7.32. The highest BCUT2D eigenvalue weighted by Gasteiger charge is 2.16. The summed E-state index contributed by atoms with van der Waals surface area (Å²) in [6.45, 7) is 6.66. The maximum Gasteiger partial charge on any atom is 0.234 e. The van der Waals surface area contributed by atoms with Gasteiger partial charge in [-0.2, -0.15) is 0 Å². The summed E-state index contributed by atoms with van der Waals surface area (Å²) in [5.41, 5.74) is 7.68. The highest BCUT2D eigenvalue weighted by molar-refractivity contribution is 5.78. The number of anilines is 1. The molecule has 0 saturated heterocycles. The van der Waals surface area contributed by atoms with Crippen molar-refractivity contribution in [1.29, 1.82) is 0 Å². The number of likely N-dealkylation sites (N-methyl/N-ethyl adjacent to an activating group) is 1. The molecule has 20 heavy (non-hydrogen) atoms. The highest BCUT2D eigenvalue weighted by Crippen LogP contribution is 2.20. The van der Waals surface area contributed by atoms with E-state index in [9.17, 15) is 4.79 Å². The summed E-state index contributed by atoms with van der Waals surface area (Å²) in [7, 11) is 1.96. The van der Waals surface area contributed by atoms with E-state index in [0.29, 0.717) is 6.54 Å². The molecule has 1 aromatic rings. The van der Waals surface area contributed by atoms with Gasteiger partial charge in [-0.1, -0.05) is 26.0 Å². The van der Waals surface area contributed by atoms with Crippen molar-refractivity contribution in [3.8, 4) is 0 Å². The standard InChI is InChI=1S/C16H27N3O/c1-5-15(6-2)18-16(20)11-19(4)12(3)13-8-7-9-14(17)10-13/h7-10,12,15H,5-6,11,17H2,1-4H3,(H,18,20). The first kappa shape index (κ1) is 16.5. The highest BCUT2D eigenvalue weighted by atomic mass is 16.2. The summed E-state index contributed by atoms with van der Waals surface area (Å²) in [5.74, 6) is 0.0805. The predicted octanol–water partition coefficient (Wildman–Crippen LogP) is 2.57. The van der Waals surface area contributed by atoms with Crippen LogP contribution in [0.2, 0.25) is 0 Å².